The first-order valence-electron chi connectivity index (χ1n) is 6.45. The van der Waals surface area contributed by atoms with Crippen molar-refractivity contribution in [1.29, 1.82) is 0 Å². The zero-order valence-corrected chi connectivity index (χ0v) is 11.0. The minimum absolute atomic E-state index is 0.619. The molecule has 19 heavy (non-hydrogen) atoms. The molecule has 0 fully saturated rings. The van der Waals surface area contributed by atoms with Gasteiger partial charge in [-0.2, -0.15) is 0 Å². The molecule has 0 aromatic carbocycles. The van der Waals surface area contributed by atoms with Crippen LogP contribution in [-0.2, 0) is 19.5 Å². The Kier molecular flexibility index (Phi) is 3.13. The Morgan fingerprint density at radius 3 is 3.11 bits per heavy atom. The molecule has 0 radical (unpaired) electrons. The van der Waals surface area contributed by atoms with E-state index < -0.39 is 0 Å². The van der Waals surface area contributed by atoms with E-state index in [0.29, 0.717) is 5.82 Å². The summed E-state index contributed by atoms with van der Waals surface area (Å²) in [6.45, 7) is 4.64. The summed E-state index contributed by atoms with van der Waals surface area (Å²) in [5, 5.41) is 0. The predicted molar refractivity (Wildman–Crippen MR) is 73.2 cm³/mol. The lowest BCUT2D eigenvalue weighted by atomic mass is 10.1. The smallest absolute Gasteiger partial charge is 0.127 e. The van der Waals surface area contributed by atoms with Gasteiger partial charge in [0.1, 0.15) is 11.6 Å². The second-order valence-corrected chi connectivity index (χ2v) is 4.90. The van der Waals surface area contributed by atoms with Crippen molar-refractivity contribution in [3.63, 3.8) is 0 Å². The molecule has 5 heteroatoms. The van der Waals surface area contributed by atoms with Gasteiger partial charge in [0.2, 0.25) is 0 Å². The molecular weight excluding hydrogens is 238 g/mol. The second kappa shape index (κ2) is 4.93. The molecule has 0 spiro atoms. The third-order valence-electron chi connectivity index (χ3n) is 3.45. The summed E-state index contributed by atoms with van der Waals surface area (Å²) in [7, 11) is 0. The summed E-state index contributed by atoms with van der Waals surface area (Å²) in [6, 6.07) is 3.96. The highest BCUT2D eigenvalue weighted by molar-refractivity contribution is 5.38. The summed E-state index contributed by atoms with van der Waals surface area (Å²) in [5.41, 5.74) is 9.38. The van der Waals surface area contributed by atoms with E-state index in [-0.39, 0.29) is 0 Å². The first kappa shape index (κ1) is 12.0. The van der Waals surface area contributed by atoms with Gasteiger partial charge in [-0.3, -0.25) is 4.90 Å². The number of nitrogen functional groups attached to an aromatic ring is 1. The molecule has 2 aromatic rings. The standard InChI is InChI=1S/C14H17N5/c1-10-17-7-12-9-19(6-4-13(12)18-10)8-11-3-2-5-16-14(11)15/h2-3,5,7H,4,6,8-9H2,1H3,(H2,15,16). The number of rotatable bonds is 2. The van der Waals surface area contributed by atoms with Crippen LogP contribution in [0.1, 0.15) is 22.6 Å². The lowest BCUT2D eigenvalue weighted by Gasteiger charge is -2.28. The Bertz CT molecular complexity index is 596. The van der Waals surface area contributed by atoms with E-state index in [2.05, 4.69) is 19.9 Å². The number of hydrogen-bond acceptors (Lipinski definition) is 5. The van der Waals surface area contributed by atoms with Crippen LogP contribution in [0.4, 0.5) is 5.82 Å². The maximum atomic E-state index is 5.89. The van der Waals surface area contributed by atoms with Crippen LogP contribution in [0.25, 0.3) is 0 Å². The Labute approximate surface area is 112 Å². The molecule has 0 saturated carbocycles. The van der Waals surface area contributed by atoms with Crippen LogP contribution in [0.15, 0.2) is 24.5 Å². The Morgan fingerprint density at radius 1 is 1.37 bits per heavy atom. The molecule has 0 amide bonds. The van der Waals surface area contributed by atoms with Crippen molar-refractivity contribution >= 4 is 5.82 Å². The quantitative estimate of drug-likeness (QED) is 0.876. The number of nitrogens with zero attached hydrogens (tertiary/aromatic N) is 4. The zero-order valence-electron chi connectivity index (χ0n) is 11.0. The Morgan fingerprint density at radius 2 is 2.26 bits per heavy atom. The number of aryl methyl sites for hydroxylation is 1. The van der Waals surface area contributed by atoms with Crippen LogP contribution < -0.4 is 5.73 Å². The lowest BCUT2D eigenvalue weighted by molar-refractivity contribution is 0.243. The molecule has 0 bridgehead atoms. The molecule has 1 aliphatic rings. The Hall–Kier alpha value is -2.01. The van der Waals surface area contributed by atoms with Crippen molar-refractivity contribution in [2.24, 2.45) is 0 Å². The molecule has 5 nitrogen and oxygen atoms in total. The van der Waals surface area contributed by atoms with Gasteiger partial charge in [-0.25, -0.2) is 15.0 Å². The van der Waals surface area contributed by atoms with Gasteiger partial charge >= 0.3 is 0 Å². The third kappa shape index (κ3) is 2.56. The average molecular weight is 255 g/mol. The second-order valence-electron chi connectivity index (χ2n) is 4.90. The summed E-state index contributed by atoms with van der Waals surface area (Å²) >= 11 is 0. The first-order valence-corrected chi connectivity index (χ1v) is 6.45. The van der Waals surface area contributed by atoms with E-state index in [4.69, 9.17) is 5.73 Å². The van der Waals surface area contributed by atoms with E-state index >= 15 is 0 Å². The minimum Gasteiger partial charge on any atom is -0.383 e. The van der Waals surface area contributed by atoms with E-state index in [1.165, 1.54) is 11.3 Å². The highest BCUT2D eigenvalue weighted by Crippen LogP contribution is 2.19. The van der Waals surface area contributed by atoms with Crippen LogP contribution in [-0.4, -0.2) is 26.4 Å². The predicted octanol–water partition coefficient (Wildman–Crippen LogP) is 1.32. The fourth-order valence-electron chi connectivity index (χ4n) is 2.43. The highest BCUT2D eigenvalue weighted by atomic mass is 15.1. The number of pyridine rings is 1. The van der Waals surface area contributed by atoms with Gasteiger partial charge in [0.25, 0.3) is 0 Å². The number of aromatic nitrogens is 3. The molecule has 98 valence electrons. The average Bonchev–Trinajstić information content (AvgIpc) is 2.41. The summed E-state index contributed by atoms with van der Waals surface area (Å²) in [4.78, 5) is 15.3. The summed E-state index contributed by atoms with van der Waals surface area (Å²) in [6.07, 6.45) is 4.64. The van der Waals surface area contributed by atoms with Crippen molar-refractivity contribution in [1.82, 2.24) is 19.9 Å². The number of fused-ring (bicyclic) bond motifs is 1. The van der Waals surface area contributed by atoms with Gasteiger partial charge in [-0.1, -0.05) is 6.07 Å². The van der Waals surface area contributed by atoms with Crippen molar-refractivity contribution < 1.29 is 0 Å². The minimum atomic E-state index is 0.619. The normalized spacial score (nSPS) is 15.2. The van der Waals surface area contributed by atoms with Crippen LogP contribution in [0.2, 0.25) is 0 Å². The molecule has 0 atom stereocenters. The van der Waals surface area contributed by atoms with E-state index in [0.717, 1.165) is 37.4 Å². The van der Waals surface area contributed by atoms with Gasteiger partial charge in [0.05, 0.1) is 0 Å². The van der Waals surface area contributed by atoms with E-state index in [1.54, 1.807) is 6.20 Å². The topological polar surface area (TPSA) is 67.9 Å². The van der Waals surface area contributed by atoms with Gasteiger partial charge in [0.15, 0.2) is 0 Å². The number of nitrogens with two attached hydrogens (primary N) is 1. The maximum Gasteiger partial charge on any atom is 0.127 e. The lowest BCUT2D eigenvalue weighted by Crippen LogP contribution is -2.31. The van der Waals surface area contributed by atoms with Gasteiger partial charge in [-0.15, -0.1) is 0 Å². The van der Waals surface area contributed by atoms with Crippen LogP contribution in [0.3, 0.4) is 0 Å². The zero-order chi connectivity index (χ0) is 13.2. The monoisotopic (exact) mass is 255 g/mol. The fourth-order valence-corrected chi connectivity index (χ4v) is 2.43. The van der Waals surface area contributed by atoms with Crippen LogP contribution in [0.5, 0.6) is 0 Å². The van der Waals surface area contributed by atoms with Gasteiger partial charge < -0.3 is 5.73 Å². The molecule has 0 aliphatic carbocycles. The molecule has 0 saturated heterocycles. The molecule has 3 heterocycles. The molecule has 2 aromatic heterocycles. The van der Waals surface area contributed by atoms with Gasteiger partial charge in [-0.05, 0) is 13.0 Å². The van der Waals surface area contributed by atoms with E-state index in [1.807, 2.05) is 25.3 Å². The number of anilines is 1. The van der Waals surface area contributed by atoms with Gasteiger partial charge in [0, 0.05) is 55.3 Å². The number of hydrogen-bond donors (Lipinski definition) is 1. The Balaban J connectivity index is 1.76. The molecular formula is C14H17N5. The highest BCUT2D eigenvalue weighted by Gasteiger charge is 2.18. The summed E-state index contributed by atoms with van der Waals surface area (Å²) < 4.78 is 0. The molecule has 2 N–H and O–H groups in total. The molecule has 3 rings (SSSR count). The van der Waals surface area contributed by atoms with Crippen molar-refractivity contribution in [3.05, 3.63) is 47.2 Å². The van der Waals surface area contributed by atoms with Crippen molar-refractivity contribution in [3.8, 4) is 0 Å². The van der Waals surface area contributed by atoms with Crippen molar-refractivity contribution in [2.45, 2.75) is 26.4 Å². The molecule has 1 aliphatic heterocycles. The van der Waals surface area contributed by atoms with E-state index in [9.17, 15) is 0 Å². The summed E-state index contributed by atoms with van der Waals surface area (Å²) in [5.74, 6) is 1.47. The maximum absolute atomic E-state index is 5.89. The first-order chi connectivity index (χ1) is 9.22. The van der Waals surface area contributed by atoms with Crippen LogP contribution >= 0.6 is 0 Å². The fraction of sp³-hybridized carbons (Fsp3) is 0.357. The SMILES string of the molecule is Cc1ncc2c(n1)CCN(Cc1cccnc1N)C2. The van der Waals surface area contributed by atoms with Crippen LogP contribution in [0, 0.1) is 6.92 Å². The van der Waals surface area contributed by atoms with Crippen molar-refractivity contribution in [2.75, 3.05) is 12.3 Å². The largest absolute Gasteiger partial charge is 0.383 e. The third-order valence-corrected chi connectivity index (χ3v) is 3.45. The molecule has 0 unspecified atom stereocenters.